The van der Waals surface area contributed by atoms with Crippen LogP contribution in [-0.4, -0.2) is 18.3 Å². The second-order valence-electron chi connectivity index (χ2n) is 17.9. The lowest BCUT2D eigenvalue weighted by atomic mass is 9.91. The SMILES string of the molecule is Cc1ccc(-c2c(-n3c4ccccc4c4ccccc43)c(C#N)c(-n3c4ccccc4c4c5c6ccccc6n(-c6ccccc6)c5ccc43)c(C#N)c2-n2c3ccccc3c3ccccc32)cc1. The van der Waals surface area contributed by atoms with Crippen molar-refractivity contribution in [2.45, 2.75) is 6.92 Å². The number of nitriles is 2. The first kappa shape index (κ1) is 38.6. The highest BCUT2D eigenvalue weighted by Crippen LogP contribution is 2.50. The van der Waals surface area contributed by atoms with E-state index in [1.54, 1.807) is 0 Å². The standard InChI is InChI=1S/C63H38N6/c1-39-31-33-40(34-32-39)58-62(67-50-25-11-5-19-42(50)43-20-6-12-26-51(43)67)48(37-64)61(49(38-65)63(58)68-52-27-13-7-21-44(52)45-22-8-14-28-53(45)68)69-55-30-16-10-24-47(55)60-57(69)36-35-56-59(60)46-23-9-15-29-54(46)66(56)41-17-3-2-4-18-41/h2-36H,1H3. The molecule has 10 aromatic carbocycles. The van der Waals surface area contributed by atoms with E-state index in [1.165, 1.54) is 0 Å². The maximum atomic E-state index is 12.2. The summed E-state index contributed by atoms with van der Waals surface area (Å²) in [6, 6.07) is 80.0. The molecular formula is C63H38N6. The third kappa shape index (κ3) is 5.29. The molecule has 0 radical (unpaired) electrons. The van der Waals surface area contributed by atoms with Crippen LogP contribution in [-0.2, 0) is 0 Å². The van der Waals surface area contributed by atoms with Crippen LogP contribution in [0, 0.1) is 29.6 Å². The molecule has 6 heteroatoms. The molecule has 0 spiro atoms. The Morgan fingerprint density at radius 3 is 1.06 bits per heavy atom. The zero-order valence-electron chi connectivity index (χ0n) is 37.4. The first-order chi connectivity index (χ1) is 34.1. The van der Waals surface area contributed by atoms with Crippen LogP contribution in [0.2, 0.25) is 0 Å². The van der Waals surface area contributed by atoms with Gasteiger partial charge < -0.3 is 18.3 Å². The molecule has 0 aliphatic carbocycles. The summed E-state index contributed by atoms with van der Waals surface area (Å²) >= 11 is 0. The van der Waals surface area contributed by atoms with Crippen LogP contribution in [0.15, 0.2) is 212 Å². The number of fused-ring (bicyclic) bond motifs is 13. The van der Waals surface area contributed by atoms with E-state index in [1.807, 2.05) is 6.07 Å². The molecule has 14 rings (SSSR count). The van der Waals surface area contributed by atoms with E-state index in [4.69, 9.17) is 0 Å². The molecule has 0 aliphatic rings. The number of para-hydroxylation sites is 7. The summed E-state index contributed by atoms with van der Waals surface area (Å²) in [5, 5.41) is 33.1. The summed E-state index contributed by atoms with van der Waals surface area (Å²) in [7, 11) is 0. The van der Waals surface area contributed by atoms with E-state index in [2.05, 4.69) is 244 Å². The third-order valence-corrected chi connectivity index (χ3v) is 14.3. The maximum absolute atomic E-state index is 12.2. The van der Waals surface area contributed by atoms with Crippen molar-refractivity contribution in [3.8, 4) is 46.0 Å². The molecule has 0 aliphatic heterocycles. The Morgan fingerprint density at radius 2 is 0.638 bits per heavy atom. The van der Waals surface area contributed by atoms with Crippen LogP contribution in [0.1, 0.15) is 16.7 Å². The summed E-state index contributed by atoms with van der Waals surface area (Å²) in [4.78, 5) is 0. The molecule has 4 heterocycles. The van der Waals surface area contributed by atoms with E-state index in [0.29, 0.717) is 28.2 Å². The van der Waals surface area contributed by atoms with Gasteiger partial charge in [0.2, 0.25) is 0 Å². The lowest BCUT2D eigenvalue weighted by molar-refractivity contribution is 1.08. The Balaban J connectivity index is 1.26. The van der Waals surface area contributed by atoms with Crippen LogP contribution in [0.25, 0.3) is 121 Å². The van der Waals surface area contributed by atoms with Gasteiger partial charge >= 0.3 is 0 Å². The fourth-order valence-electron chi connectivity index (χ4n) is 11.5. The van der Waals surface area contributed by atoms with Gasteiger partial charge in [-0.15, -0.1) is 0 Å². The highest BCUT2D eigenvalue weighted by molar-refractivity contribution is 6.29. The molecule has 14 aromatic rings. The summed E-state index contributed by atoms with van der Waals surface area (Å²) < 4.78 is 9.11. The Bertz CT molecular complexity index is 4300. The van der Waals surface area contributed by atoms with Gasteiger partial charge in [-0.2, -0.15) is 10.5 Å². The third-order valence-electron chi connectivity index (χ3n) is 14.3. The predicted molar refractivity (Wildman–Crippen MR) is 283 cm³/mol. The summed E-state index contributed by atoms with van der Waals surface area (Å²) in [5.41, 5.74) is 14.4. The summed E-state index contributed by atoms with van der Waals surface area (Å²) in [5.74, 6) is 0. The number of hydrogen-bond donors (Lipinski definition) is 0. The van der Waals surface area contributed by atoms with E-state index < -0.39 is 0 Å². The number of aryl methyl sites for hydroxylation is 1. The first-order valence-corrected chi connectivity index (χ1v) is 23.2. The predicted octanol–water partition coefficient (Wildman–Crippen LogP) is 15.8. The molecule has 69 heavy (non-hydrogen) atoms. The van der Waals surface area contributed by atoms with Gasteiger partial charge in [0.15, 0.2) is 0 Å². The maximum Gasteiger partial charge on any atom is 0.104 e. The van der Waals surface area contributed by atoms with Crippen LogP contribution < -0.4 is 0 Å². The lowest BCUT2D eigenvalue weighted by Gasteiger charge is -2.26. The van der Waals surface area contributed by atoms with Gasteiger partial charge in [-0.3, -0.25) is 0 Å². The molecule has 0 N–H and O–H groups in total. The molecule has 320 valence electrons. The molecule has 6 nitrogen and oxygen atoms in total. The zero-order chi connectivity index (χ0) is 45.9. The van der Waals surface area contributed by atoms with Crippen molar-refractivity contribution in [2.24, 2.45) is 0 Å². The first-order valence-electron chi connectivity index (χ1n) is 23.2. The number of nitrogens with zero attached hydrogens (tertiary/aromatic N) is 6. The van der Waals surface area contributed by atoms with Crippen molar-refractivity contribution in [1.82, 2.24) is 18.3 Å². The minimum atomic E-state index is 0.396. The van der Waals surface area contributed by atoms with Gasteiger partial charge in [0.05, 0.1) is 61.2 Å². The molecule has 0 saturated carbocycles. The van der Waals surface area contributed by atoms with Crippen molar-refractivity contribution in [3.63, 3.8) is 0 Å². The summed E-state index contributed by atoms with van der Waals surface area (Å²) in [6.07, 6.45) is 0. The monoisotopic (exact) mass is 878 g/mol. The fourth-order valence-corrected chi connectivity index (χ4v) is 11.5. The molecule has 4 aromatic heterocycles. The second kappa shape index (κ2) is 14.7. The Kier molecular flexibility index (Phi) is 8.23. The highest BCUT2D eigenvalue weighted by Gasteiger charge is 2.33. The van der Waals surface area contributed by atoms with Gasteiger partial charge in [0, 0.05) is 54.3 Å². The smallest absolute Gasteiger partial charge is 0.104 e. The molecule has 0 fully saturated rings. The minimum absolute atomic E-state index is 0.396. The van der Waals surface area contributed by atoms with Crippen molar-refractivity contribution in [1.29, 1.82) is 10.5 Å². The van der Waals surface area contributed by atoms with E-state index in [-0.39, 0.29) is 0 Å². The van der Waals surface area contributed by atoms with Crippen LogP contribution in [0.3, 0.4) is 0 Å². The molecule has 0 amide bonds. The van der Waals surface area contributed by atoms with Gasteiger partial charge in [-0.25, -0.2) is 0 Å². The Hall–Kier alpha value is -9.62. The highest BCUT2D eigenvalue weighted by atomic mass is 15.1. The molecule has 0 saturated heterocycles. The van der Waals surface area contributed by atoms with Crippen molar-refractivity contribution in [2.75, 3.05) is 0 Å². The van der Waals surface area contributed by atoms with Crippen LogP contribution >= 0.6 is 0 Å². The van der Waals surface area contributed by atoms with Gasteiger partial charge in [-0.1, -0.05) is 157 Å². The Labute approximate surface area is 396 Å². The van der Waals surface area contributed by atoms with Gasteiger partial charge in [0.1, 0.15) is 23.3 Å². The summed E-state index contributed by atoms with van der Waals surface area (Å²) in [6.45, 7) is 2.09. The average Bonchev–Trinajstić information content (AvgIpc) is 4.13. The zero-order valence-corrected chi connectivity index (χ0v) is 37.4. The number of rotatable bonds is 5. The molecule has 0 atom stereocenters. The van der Waals surface area contributed by atoms with E-state index in [0.717, 1.165) is 110 Å². The molecule has 0 bridgehead atoms. The largest absolute Gasteiger partial charge is 0.309 e. The van der Waals surface area contributed by atoms with Crippen molar-refractivity contribution < 1.29 is 0 Å². The average molecular weight is 879 g/mol. The van der Waals surface area contributed by atoms with Crippen molar-refractivity contribution in [3.05, 3.63) is 229 Å². The Morgan fingerprint density at radius 1 is 0.304 bits per heavy atom. The number of hydrogen-bond acceptors (Lipinski definition) is 2. The molecule has 0 unspecified atom stereocenters. The van der Waals surface area contributed by atoms with Gasteiger partial charge in [0.25, 0.3) is 0 Å². The van der Waals surface area contributed by atoms with Crippen molar-refractivity contribution >= 4 is 87.2 Å². The van der Waals surface area contributed by atoms with Crippen LogP contribution in [0.5, 0.6) is 0 Å². The topological polar surface area (TPSA) is 67.3 Å². The normalized spacial score (nSPS) is 11.8. The quantitative estimate of drug-likeness (QED) is 0.173. The van der Waals surface area contributed by atoms with E-state index >= 15 is 0 Å². The number of benzene rings is 10. The van der Waals surface area contributed by atoms with Crippen LogP contribution in [0.4, 0.5) is 0 Å². The van der Waals surface area contributed by atoms with E-state index in [9.17, 15) is 10.5 Å². The second-order valence-corrected chi connectivity index (χ2v) is 17.9. The minimum Gasteiger partial charge on any atom is -0.309 e. The number of aromatic nitrogens is 4. The fraction of sp³-hybridized carbons (Fsp3) is 0.0159. The lowest BCUT2D eigenvalue weighted by Crippen LogP contribution is -2.14. The van der Waals surface area contributed by atoms with Gasteiger partial charge in [-0.05, 0) is 73.2 Å². The molecular weight excluding hydrogens is 841 g/mol.